The lowest BCUT2D eigenvalue weighted by Gasteiger charge is -2.36. The van der Waals surface area contributed by atoms with Gasteiger partial charge in [0, 0.05) is 26.2 Å². The Kier molecular flexibility index (Phi) is 6.70. The molecule has 9 nitrogen and oxygen atoms in total. The Labute approximate surface area is 173 Å². The van der Waals surface area contributed by atoms with Gasteiger partial charge in [-0.3, -0.25) is 9.69 Å². The zero-order valence-corrected chi connectivity index (χ0v) is 16.9. The van der Waals surface area contributed by atoms with E-state index >= 15 is 0 Å². The highest BCUT2D eigenvalue weighted by Gasteiger charge is 2.33. The zero-order chi connectivity index (χ0) is 21.0. The van der Waals surface area contributed by atoms with Crippen LogP contribution in [0.15, 0.2) is 18.2 Å². The summed E-state index contributed by atoms with van der Waals surface area (Å²) in [6, 6.07) is 4.65. The second-order valence-electron chi connectivity index (χ2n) is 6.70. The Hall–Kier alpha value is -2.66. The summed E-state index contributed by atoms with van der Waals surface area (Å²) in [4.78, 5) is 28.8. The van der Waals surface area contributed by atoms with E-state index in [1.54, 1.807) is 17.0 Å². The number of benzene rings is 1. The third-order valence-electron chi connectivity index (χ3n) is 4.92. The number of nitrogens with zero attached hydrogens (tertiary/aromatic N) is 3. The first-order valence-electron chi connectivity index (χ1n) is 9.25. The van der Waals surface area contributed by atoms with E-state index in [4.69, 9.17) is 27.4 Å². The molecule has 2 heterocycles. The molecule has 0 bridgehead atoms. The Morgan fingerprint density at radius 1 is 1.38 bits per heavy atom. The average Bonchev–Trinajstić information content (AvgIpc) is 3.12. The number of carbonyl (C=O) groups excluding carboxylic acids is 2. The lowest BCUT2D eigenvalue weighted by atomic mass is 10.2. The minimum Gasteiger partial charge on any atom is -0.474 e. The number of piperazine rings is 1. The van der Waals surface area contributed by atoms with Crippen LogP contribution >= 0.6 is 12.2 Å². The zero-order valence-electron chi connectivity index (χ0n) is 16.1. The number of ether oxygens (including phenoxy) is 2. The second kappa shape index (κ2) is 9.23. The van der Waals surface area contributed by atoms with Crippen LogP contribution in [-0.4, -0.2) is 81.1 Å². The van der Waals surface area contributed by atoms with Crippen molar-refractivity contribution < 1.29 is 23.5 Å². The Morgan fingerprint density at radius 3 is 2.72 bits per heavy atom. The molecule has 2 fully saturated rings. The van der Waals surface area contributed by atoms with Gasteiger partial charge in [0.25, 0.3) is 5.17 Å². The van der Waals surface area contributed by atoms with Gasteiger partial charge in [-0.2, -0.15) is 0 Å². The number of anilines is 2. The predicted molar refractivity (Wildman–Crippen MR) is 109 cm³/mol. The number of rotatable bonds is 5. The molecule has 1 aromatic carbocycles. The molecule has 2 amide bonds. The van der Waals surface area contributed by atoms with Crippen molar-refractivity contribution in [1.82, 2.24) is 10.2 Å². The first kappa shape index (κ1) is 21.1. The van der Waals surface area contributed by atoms with E-state index in [1.165, 1.54) is 18.1 Å². The SMILES string of the molecule is COC(=S)NCC1CN(c2ccc(N3CCN(C(=O)CN)CC3)c(F)c2)C(=O)O1. The first-order valence-corrected chi connectivity index (χ1v) is 9.66. The number of methoxy groups -OCH3 is 1. The minimum atomic E-state index is -0.541. The van der Waals surface area contributed by atoms with E-state index in [1.807, 2.05) is 4.90 Å². The average molecular weight is 425 g/mol. The van der Waals surface area contributed by atoms with Gasteiger partial charge in [-0.15, -0.1) is 0 Å². The molecule has 0 saturated carbocycles. The highest BCUT2D eigenvalue weighted by Crippen LogP contribution is 2.28. The van der Waals surface area contributed by atoms with Crippen molar-refractivity contribution in [3.05, 3.63) is 24.0 Å². The van der Waals surface area contributed by atoms with Gasteiger partial charge >= 0.3 is 6.09 Å². The van der Waals surface area contributed by atoms with E-state index in [2.05, 4.69) is 5.32 Å². The van der Waals surface area contributed by atoms with Crippen molar-refractivity contribution in [3.63, 3.8) is 0 Å². The normalized spacial score (nSPS) is 19.2. The van der Waals surface area contributed by atoms with E-state index in [9.17, 15) is 14.0 Å². The monoisotopic (exact) mass is 425 g/mol. The fraction of sp³-hybridized carbons (Fsp3) is 0.500. The van der Waals surface area contributed by atoms with E-state index in [0.29, 0.717) is 44.1 Å². The van der Waals surface area contributed by atoms with Crippen LogP contribution in [0.4, 0.5) is 20.6 Å². The third kappa shape index (κ3) is 4.85. The third-order valence-corrected chi connectivity index (χ3v) is 5.24. The largest absolute Gasteiger partial charge is 0.474 e. The standard InChI is InChI=1S/C18H24FN5O4S/c1-27-17(29)21-10-13-11-24(18(26)28-13)12-2-3-15(14(19)8-12)22-4-6-23(7-5-22)16(25)9-20/h2-3,8,13H,4-7,9-11,20H2,1H3,(H,21,29). The van der Waals surface area contributed by atoms with Gasteiger partial charge in [0.15, 0.2) is 0 Å². The van der Waals surface area contributed by atoms with Crippen LogP contribution in [0.1, 0.15) is 0 Å². The minimum absolute atomic E-state index is 0.0250. The molecule has 1 atom stereocenters. The Morgan fingerprint density at radius 2 is 2.10 bits per heavy atom. The quantitative estimate of drug-likeness (QED) is 0.649. The highest BCUT2D eigenvalue weighted by molar-refractivity contribution is 7.80. The lowest BCUT2D eigenvalue weighted by Crippen LogP contribution is -2.50. The van der Waals surface area contributed by atoms with Crippen LogP contribution < -0.4 is 20.9 Å². The van der Waals surface area contributed by atoms with Crippen molar-refractivity contribution in [1.29, 1.82) is 0 Å². The maximum Gasteiger partial charge on any atom is 0.414 e. The van der Waals surface area contributed by atoms with Crippen LogP contribution in [-0.2, 0) is 14.3 Å². The van der Waals surface area contributed by atoms with E-state index < -0.39 is 18.0 Å². The van der Waals surface area contributed by atoms with Crippen molar-refractivity contribution in [2.45, 2.75) is 6.10 Å². The number of halogens is 1. The molecule has 0 spiro atoms. The molecular weight excluding hydrogens is 401 g/mol. The smallest absolute Gasteiger partial charge is 0.414 e. The topological polar surface area (TPSA) is 100 Å². The van der Waals surface area contributed by atoms with Gasteiger partial charge in [0.2, 0.25) is 5.91 Å². The number of nitrogens with two attached hydrogens (primary N) is 1. The first-order chi connectivity index (χ1) is 13.9. The number of hydrogen-bond acceptors (Lipinski definition) is 7. The number of amides is 2. The molecular formula is C18H24FN5O4S. The molecule has 2 saturated heterocycles. The number of nitrogens with one attached hydrogen (secondary N) is 1. The van der Waals surface area contributed by atoms with Crippen LogP contribution in [0, 0.1) is 5.82 Å². The molecule has 3 rings (SSSR count). The molecule has 2 aliphatic rings. The number of cyclic esters (lactones) is 1. The summed E-state index contributed by atoms with van der Waals surface area (Å²) in [5, 5.41) is 3.05. The number of carbonyl (C=O) groups is 2. The molecule has 0 aromatic heterocycles. The molecule has 2 aliphatic heterocycles. The van der Waals surface area contributed by atoms with E-state index in [-0.39, 0.29) is 24.2 Å². The van der Waals surface area contributed by atoms with Crippen LogP contribution in [0.2, 0.25) is 0 Å². The predicted octanol–water partition coefficient (Wildman–Crippen LogP) is 0.279. The van der Waals surface area contributed by atoms with Crippen LogP contribution in [0.25, 0.3) is 0 Å². The maximum absolute atomic E-state index is 14.8. The second-order valence-corrected chi connectivity index (χ2v) is 7.07. The van der Waals surface area contributed by atoms with Gasteiger partial charge in [0.1, 0.15) is 11.9 Å². The summed E-state index contributed by atoms with van der Waals surface area (Å²) < 4.78 is 24.9. The fourth-order valence-electron chi connectivity index (χ4n) is 3.35. The Bertz CT molecular complexity index is 788. The Balaban J connectivity index is 1.62. The van der Waals surface area contributed by atoms with Crippen molar-refractivity contribution in [3.8, 4) is 0 Å². The van der Waals surface area contributed by atoms with Crippen molar-refractivity contribution >= 4 is 40.8 Å². The molecule has 1 unspecified atom stereocenters. The molecule has 158 valence electrons. The van der Waals surface area contributed by atoms with Crippen LogP contribution in [0.3, 0.4) is 0 Å². The van der Waals surface area contributed by atoms with Gasteiger partial charge in [0.05, 0.1) is 38.1 Å². The summed E-state index contributed by atoms with van der Waals surface area (Å²) in [5.41, 5.74) is 6.24. The summed E-state index contributed by atoms with van der Waals surface area (Å²) in [6.45, 7) is 2.57. The molecule has 3 N–H and O–H groups in total. The highest BCUT2D eigenvalue weighted by atomic mass is 32.1. The lowest BCUT2D eigenvalue weighted by molar-refractivity contribution is -0.129. The van der Waals surface area contributed by atoms with Gasteiger partial charge in [-0.05, 0) is 30.4 Å². The maximum atomic E-state index is 14.8. The molecule has 1 aromatic rings. The summed E-state index contributed by atoms with van der Waals surface area (Å²) in [5.74, 6) is -0.542. The van der Waals surface area contributed by atoms with Crippen molar-refractivity contribution in [2.75, 3.05) is 62.7 Å². The summed E-state index contributed by atoms with van der Waals surface area (Å²) in [6.07, 6.45) is -0.965. The molecule has 29 heavy (non-hydrogen) atoms. The molecule has 11 heteroatoms. The van der Waals surface area contributed by atoms with Gasteiger partial charge < -0.3 is 30.3 Å². The van der Waals surface area contributed by atoms with Gasteiger partial charge in [-0.1, -0.05) is 0 Å². The number of hydrogen-bond donors (Lipinski definition) is 2. The molecule has 0 radical (unpaired) electrons. The van der Waals surface area contributed by atoms with Crippen molar-refractivity contribution in [2.24, 2.45) is 5.73 Å². The van der Waals surface area contributed by atoms with E-state index in [0.717, 1.165) is 0 Å². The van der Waals surface area contributed by atoms with Gasteiger partial charge in [-0.25, -0.2) is 9.18 Å². The van der Waals surface area contributed by atoms with Crippen LogP contribution in [0.5, 0.6) is 0 Å². The fourth-order valence-corrected chi connectivity index (χ4v) is 3.44. The summed E-state index contributed by atoms with van der Waals surface area (Å²) in [7, 11) is 1.45. The molecule has 0 aliphatic carbocycles. The summed E-state index contributed by atoms with van der Waals surface area (Å²) >= 11 is 4.89. The number of thiocarbonyl (C=S) groups is 1.